The van der Waals surface area contributed by atoms with Crippen LogP contribution in [0.4, 0.5) is 0 Å². The van der Waals surface area contributed by atoms with E-state index < -0.39 is 0 Å². The van der Waals surface area contributed by atoms with Crippen LogP contribution in [0, 0.1) is 0 Å². The fraction of sp³-hybridized carbons (Fsp3) is 0. The molecule has 0 aliphatic carbocycles. The Bertz CT molecular complexity index is 2920. The Kier molecular flexibility index (Phi) is 9.79. The van der Waals surface area contributed by atoms with Crippen molar-refractivity contribution < 1.29 is 0 Å². The first-order chi connectivity index (χ1) is 29.7. The molecule has 0 bridgehead atoms. The Balaban J connectivity index is 1.01. The van der Waals surface area contributed by atoms with E-state index in [1.807, 2.05) is 146 Å². The van der Waals surface area contributed by atoms with Crippen LogP contribution < -0.4 is 0 Å². The van der Waals surface area contributed by atoms with Crippen molar-refractivity contribution in [3.8, 4) is 102 Å². The second-order valence-corrected chi connectivity index (χ2v) is 14.2. The average molecular weight is 770 g/mol. The molecule has 0 unspecified atom stereocenters. The van der Waals surface area contributed by atoms with E-state index in [0.29, 0.717) is 34.9 Å². The zero-order chi connectivity index (χ0) is 40.1. The molecule has 0 saturated carbocycles. The molecule has 3 heterocycles. The summed E-state index contributed by atoms with van der Waals surface area (Å²) in [5.74, 6) is 3.75. The van der Waals surface area contributed by atoms with E-state index in [2.05, 4.69) is 66.7 Å². The molecule has 7 heteroatoms. The monoisotopic (exact) mass is 769 g/mol. The van der Waals surface area contributed by atoms with Gasteiger partial charge < -0.3 is 0 Å². The largest absolute Gasteiger partial charge is 0.256 e. The van der Waals surface area contributed by atoms with Crippen molar-refractivity contribution in [2.45, 2.75) is 0 Å². The van der Waals surface area contributed by atoms with Crippen molar-refractivity contribution in [2.24, 2.45) is 0 Å². The van der Waals surface area contributed by atoms with E-state index in [4.69, 9.17) is 34.9 Å². The topological polar surface area (TPSA) is 90.2 Å². The van der Waals surface area contributed by atoms with Crippen molar-refractivity contribution in [1.82, 2.24) is 34.9 Å². The number of nitrogens with zero attached hydrogens (tertiary/aromatic N) is 7. The first kappa shape index (κ1) is 36.1. The van der Waals surface area contributed by atoms with Crippen LogP contribution in [0.1, 0.15) is 0 Å². The second-order valence-electron chi connectivity index (χ2n) is 14.2. The van der Waals surface area contributed by atoms with Gasteiger partial charge >= 0.3 is 0 Å². The van der Waals surface area contributed by atoms with Gasteiger partial charge in [-0.25, -0.2) is 29.9 Å². The van der Waals surface area contributed by atoms with Gasteiger partial charge in [0.1, 0.15) is 0 Å². The van der Waals surface area contributed by atoms with Gasteiger partial charge in [-0.05, 0) is 40.5 Å². The predicted octanol–water partition coefficient (Wildman–Crippen LogP) is 12.5. The summed E-state index contributed by atoms with van der Waals surface area (Å²) >= 11 is 0. The molecule has 0 radical (unpaired) electrons. The molecule has 7 aromatic carbocycles. The van der Waals surface area contributed by atoms with Gasteiger partial charge in [-0.3, -0.25) is 4.98 Å². The van der Waals surface area contributed by atoms with Gasteiger partial charge in [0.2, 0.25) is 0 Å². The summed E-state index contributed by atoms with van der Waals surface area (Å²) in [6.07, 6.45) is 1.83. The standard InChI is InChI=1S/C53H35N7/c1-5-15-38(16-6-1)48-55-49(39-17-7-2-8-18-39)58-52(57-48)42-28-24-36(25-29-42)44-32-33-45(47-23-13-14-34-54-47)46(35-44)37-26-30-43(31-27-37)53-59-50(40-19-9-3-10-20-40)56-51(60-53)41-21-11-4-12-22-41/h1-35H. The number of hydrogen-bond donors (Lipinski definition) is 0. The van der Waals surface area contributed by atoms with Crippen LogP contribution >= 0.6 is 0 Å². The Morgan fingerprint density at radius 2 is 0.533 bits per heavy atom. The molecular formula is C53H35N7. The quantitative estimate of drug-likeness (QED) is 0.144. The molecule has 0 saturated heterocycles. The normalized spacial score (nSPS) is 11.0. The third-order valence-electron chi connectivity index (χ3n) is 10.3. The molecule has 10 aromatic rings. The number of pyridine rings is 1. The molecule has 0 fully saturated rings. The Labute approximate surface area is 347 Å². The van der Waals surface area contributed by atoms with Crippen LogP contribution in [0.25, 0.3) is 102 Å². The van der Waals surface area contributed by atoms with E-state index in [1.165, 1.54) is 0 Å². The van der Waals surface area contributed by atoms with Gasteiger partial charge in [0.25, 0.3) is 0 Å². The average Bonchev–Trinajstić information content (AvgIpc) is 3.35. The number of hydrogen-bond acceptors (Lipinski definition) is 7. The van der Waals surface area contributed by atoms with Crippen LogP contribution in [0.5, 0.6) is 0 Å². The molecule has 3 aromatic heterocycles. The van der Waals surface area contributed by atoms with Gasteiger partial charge in [-0.1, -0.05) is 188 Å². The molecule has 7 nitrogen and oxygen atoms in total. The van der Waals surface area contributed by atoms with Crippen LogP contribution in [-0.2, 0) is 0 Å². The maximum absolute atomic E-state index is 4.95. The highest BCUT2D eigenvalue weighted by Gasteiger charge is 2.16. The minimum absolute atomic E-state index is 0.609. The minimum Gasteiger partial charge on any atom is -0.256 e. The Hall–Kier alpha value is -8.29. The lowest BCUT2D eigenvalue weighted by Gasteiger charge is -2.14. The molecule has 0 amide bonds. The fourth-order valence-corrected chi connectivity index (χ4v) is 7.19. The van der Waals surface area contributed by atoms with Gasteiger partial charge in [0, 0.05) is 45.1 Å². The molecular weight excluding hydrogens is 735 g/mol. The minimum atomic E-state index is 0.609. The molecule has 0 spiro atoms. The van der Waals surface area contributed by atoms with E-state index in [1.54, 1.807) is 0 Å². The predicted molar refractivity (Wildman–Crippen MR) is 240 cm³/mol. The lowest BCUT2D eigenvalue weighted by Crippen LogP contribution is -2.00. The van der Waals surface area contributed by atoms with Crippen LogP contribution in [0.3, 0.4) is 0 Å². The first-order valence-corrected chi connectivity index (χ1v) is 19.7. The summed E-state index contributed by atoms with van der Waals surface area (Å²) in [6.45, 7) is 0. The van der Waals surface area contributed by atoms with Gasteiger partial charge in [0.05, 0.1) is 5.69 Å². The summed E-state index contributed by atoms with van der Waals surface area (Å²) in [4.78, 5) is 34.2. The van der Waals surface area contributed by atoms with Gasteiger partial charge in [0.15, 0.2) is 34.9 Å². The van der Waals surface area contributed by atoms with Crippen molar-refractivity contribution >= 4 is 0 Å². The molecule has 60 heavy (non-hydrogen) atoms. The molecule has 0 N–H and O–H groups in total. The van der Waals surface area contributed by atoms with Crippen LogP contribution in [-0.4, -0.2) is 34.9 Å². The van der Waals surface area contributed by atoms with E-state index in [-0.39, 0.29) is 0 Å². The van der Waals surface area contributed by atoms with E-state index >= 15 is 0 Å². The fourth-order valence-electron chi connectivity index (χ4n) is 7.19. The van der Waals surface area contributed by atoms with Crippen LogP contribution in [0.2, 0.25) is 0 Å². The van der Waals surface area contributed by atoms with Crippen molar-refractivity contribution in [1.29, 1.82) is 0 Å². The highest BCUT2D eigenvalue weighted by atomic mass is 15.0. The SMILES string of the molecule is c1ccc(-c2nc(-c3ccccc3)nc(-c3ccc(-c4ccc(-c5ccccn5)c(-c5ccc(-c6nc(-c7ccccc7)nc(-c7ccccc7)n6)cc5)c4)cc3)n2)cc1. The van der Waals surface area contributed by atoms with Crippen molar-refractivity contribution in [2.75, 3.05) is 0 Å². The maximum atomic E-state index is 4.95. The molecule has 0 atom stereocenters. The number of aromatic nitrogens is 7. The number of benzene rings is 7. The Morgan fingerprint density at radius 3 is 0.900 bits per heavy atom. The number of rotatable bonds is 9. The summed E-state index contributed by atoms with van der Waals surface area (Å²) in [5.41, 5.74) is 11.7. The van der Waals surface area contributed by atoms with Gasteiger partial charge in [-0.15, -0.1) is 0 Å². The zero-order valence-electron chi connectivity index (χ0n) is 32.3. The lowest BCUT2D eigenvalue weighted by molar-refractivity contribution is 1.07. The molecule has 0 aliphatic heterocycles. The second kappa shape index (κ2) is 16.3. The van der Waals surface area contributed by atoms with E-state index in [0.717, 1.165) is 66.9 Å². The zero-order valence-corrected chi connectivity index (χ0v) is 32.3. The summed E-state index contributed by atoms with van der Waals surface area (Å²) < 4.78 is 0. The van der Waals surface area contributed by atoms with E-state index in [9.17, 15) is 0 Å². The highest BCUT2D eigenvalue weighted by molar-refractivity contribution is 5.87. The third kappa shape index (κ3) is 7.58. The van der Waals surface area contributed by atoms with Gasteiger partial charge in [-0.2, -0.15) is 0 Å². The third-order valence-corrected chi connectivity index (χ3v) is 10.3. The van der Waals surface area contributed by atoms with Crippen molar-refractivity contribution in [3.05, 3.63) is 212 Å². The van der Waals surface area contributed by atoms with Crippen molar-refractivity contribution in [3.63, 3.8) is 0 Å². The summed E-state index contributed by atoms with van der Waals surface area (Å²) in [6, 6.07) is 69.5. The smallest absolute Gasteiger partial charge is 0.164 e. The van der Waals surface area contributed by atoms with Crippen LogP contribution in [0.15, 0.2) is 212 Å². The Morgan fingerprint density at radius 1 is 0.217 bits per heavy atom. The molecule has 10 rings (SSSR count). The highest BCUT2D eigenvalue weighted by Crippen LogP contribution is 2.37. The lowest BCUT2D eigenvalue weighted by atomic mass is 9.92. The maximum Gasteiger partial charge on any atom is 0.164 e. The first-order valence-electron chi connectivity index (χ1n) is 19.7. The summed E-state index contributed by atoms with van der Waals surface area (Å²) in [5, 5.41) is 0. The summed E-state index contributed by atoms with van der Waals surface area (Å²) in [7, 11) is 0. The molecule has 282 valence electrons. The molecule has 0 aliphatic rings.